The molecule has 0 radical (unpaired) electrons. The summed E-state index contributed by atoms with van der Waals surface area (Å²) >= 11 is 0. The van der Waals surface area contributed by atoms with Gasteiger partial charge in [0, 0.05) is 0 Å². The molecule has 0 saturated carbocycles. The van der Waals surface area contributed by atoms with Gasteiger partial charge in [0.05, 0.1) is 0 Å². The Labute approximate surface area is 83.4 Å². The van der Waals surface area contributed by atoms with E-state index in [-0.39, 0.29) is 0 Å². The van der Waals surface area contributed by atoms with E-state index >= 15 is 0 Å². The zero-order valence-electron chi connectivity index (χ0n) is 9.33. The second-order valence-corrected chi connectivity index (χ2v) is 8.79. The molecular weight excluding hydrogens is 172 g/mol. The zero-order chi connectivity index (χ0) is 10.8. The average Bonchev–Trinajstić information content (AvgIpc) is 1.82. The maximum absolute atomic E-state index is 4.07. The van der Waals surface area contributed by atoms with Crippen LogP contribution in [0.1, 0.15) is 27.7 Å². The maximum atomic E-state index is 4.07. The lowest BCUT2D eigenvalue weighted by Gasteiger charge is -2.34. The van der Waals surface area contributed by atoms with E-state index in [1.54, 1.807) is 0 Å². The monoisotopic (exact) mass is 192 g/mol. The standard InChI is InChI=1S/C12H20Si/c1-9(2)13(10(3)4,11(5)6)12(7)8/h1,3,5,7H2,2,4,6,8H3. The van der Waals surface area contributed by atoms with Crippen LogP contribution in [0.4, 0.5) is 0 Å². The Bertz CT molecular complexity index is 220. The van der Waals surface area contributed by atoms with Crippen molar-refractivity contribution in [2.45, 2.75) is 27.7 Å². The molecular formula is C12H20Si. The molecule has 0 unspecified atom stereocenters. The minimum Gasteiger partial charge on any atom is -0.103 e. The van der Waals surface area contributed by atoms with E-state index in [4.69, 9.17) is 0 Å². The van der Waals surface area contributed by atoms with E-state index < -0.39 is 8.07 Å². The third-order valence-corrected chi connectivity index (χ3v) is 7.68. The molecule has 0 saturated heterocycles. The van der Waals surface area contributed by atoms with E-state index in [1.807, 2.05) is 0 Å². The first kappa shape index (κ1) is 12.2. The highest BCUT2D eigenvalue weighted by Crippen LogP contribution is 2.33. The lowest BCUT2D eigenvalue weighted by atomic mass is 10.7. The molecule has 13 heavy (non-hydrogen) atoms. The summed E-state index contributed by atoms with van der Waals surface area (Å²) in [6.07, 6.45) is 0. The minimum atomic E-state index is -1.88. The molecule has 72 valence electrons. The Morgan fingerprint density at radius 3 is 0.769 bits per heavy atom. The van der Waals surface area contributed by atoms with Gasteiger partial charge in [0.2, 0.25) is 0 Å². The van der Waals surface area contributed by atoms with Gasteiger partial charge in [-0.25, -0.2) is 0 Å². The van der Waals surface area contributed by atoms with Crippen LogP contribution in [0, 0.1) is 0 Å². The Kier molecular flexibility index (Phi) is 3.67. The van der Waals surface area contributed by atoms with Crippen molar-refractivity contribution in [2.75, 3.05) is 0 Å². The van der Waals surface area contributed by atoms with Crippen LogP contribution in [0.5, 0.6) is 0 Å². The smallest absolute Gasteiger partial charge is 0.103 e. The highest BCUT2D eigenvalue weighted by Gasteiger charge is 2.36. The largest absolute Gasteiger partial charge is 0.160 e. The molecule has 0 nitrogen and oxygen atoms in total. The first-order chi connectivity index (χ1) is 5.77. The molecule has 0 aromatic rings. The van der Waals surface area contributed by atoms with Crippen LogP contribution in [0.2, 0.25) is 0 Å². The molecule has 0 amide bonds. The van der Waals surface area contributed by atoms with Crippen LogP contribution in [-0.2, 0) is 0 Å². The molecule has 0 fully saturated rings. The SMILES string of the molecule is C=C(C)[Si](C(=C)C)(C(=C)C)C(=C)C. The summed E-state index contributed by atoms with van der Waals surface area (Å²) in [5, 5.41) is 4.72. The average molecular weight is 192 g/mol. The molecule has 0 atom stereocenters. The van der Waals surface area contributed by atoms with E-state index in [0.717, 1.165) is 0 Å². The van der Waals surface area contributed by atoms with Crippen LogP contribution in [0.25, 0.3) is 0 Å². The van der Waals surface area contributed by atoms with Gasteiger partial charge in [-0.2, -0.15) is 0 Å². The van der Waals surface area contributed by atoms with Gasteiger partial charge in [-0.05, 0) is 27.7 Å². The van der Waals surface area contributed by atoms with E-state index in [9.17, 15) is 0 Å². The van der Waals surface area contributed by atoms with Crippen molar-refractivity contribution >= 4 is 8.07 Å². The quantitative estimate of drug-likeness (QED) is 0.593. The van der Waals surface area contributed by atoms with Crippen molar-refractivity contribution in [3.8, 4) is 0 Å². The molecule has 0 aliphatic heterocycles. The van der Waals surface area contributed by atoms with E-state index in [1.165, 1.54) is 20.8 Å². The second-order valence-electron chi connectivity index (χ2n) is 3.87. The van der Waals surface area contributed by atoms with Crippen molar-refractivity contribution in [1.82, 2.24) is 0 Å². The zero-order valence-corrected chi connectivity index (χ0v) is 10.3. The van der Waals surface area contributed by atoms with Gasteiger partial charge in [-0.1, -0.05) is 20.8 Å². The normalized spacial score (nSPS) is 10.8. The molecule has 0 aliphatic rings. The van der Waals surface area contributed by atoms with Gasteiger partial charge in [0.15, 0.2) is 8.07 Å². The Hall–Kier alpha value is -0.823. The van der Waals surface area contributed by atoms with Crippen molar-refractivity contribution in [1.29, 1.82) is 0 Å². The topological polar surface area (TPSA) is 0 Å². The Morgan fingerprint density at radius 2 is 0.769 bits per heavy atom. The summed E-state index contributed by atoms with van der Waals surface area (Å²) in [6.45, 7) is 24.5. The molecule has 0 bridgehead atoms. The first-order valence-corrected chi connectivity index (χ1v) is 6.41. The summed E-state index contributed by atoms with van der Waals surface area (Å²) in [7, 11) is -1.88. The Morgan fingerprint density at radius 1 is 0.615 bits per heavy atom. The molecule has 0 aromatic heterocycles. The van der Waals surface area contributed by atoms with Crippen molar-refractivity contribution < 1.29 is 0 Å². The maximum Gasteiger partial charge on any atom is 0.160 e. The molecule has 1 heteroatoms. The fraction of sp³-hybridized carbons (Fsp3) is 0.333. The summed E-state index contributed by atoms with van der Waals surface area (Å²) < 4.78 is 0. The fourth-order valence-electron chi connectivity index (χ4n) is 2.19. The molecule has 0 heterocycles. The summed E-state index contributed by atoms with van der Waals surface area (Å²) in [5.41, 5.74) is 0. The van der Waals surface area contributed by atoms with Gasteiger partial charge >= 0.3 is 0 Å². The second kappa shape index (κ2) is 3.92. The highest BCUT2D eigenvalue weighted by atomic mass is 28.3. The molecule has 0 aliphatic carbocycles. The Balaban J connectivity index is 5.60. The van der Waals surface area contributed by atoms with Gasteiger partial charge in [-0.15, -0.1) is 26.3 Å². The number of allylic oxidation sites excluding steroid dienone is 4. The number of hydrogen-bond acceptors (Lipinski definition) is 0. The molecule has 0 rings (SSSR count). The molecule has 0 aromatic carbocycles. The van der Waals surface area contributed by atoms with Crippen molar-refractivity contribution in [2.24, 2.45) is 0 Å². The summed E-state index contributed by atoms with van der Waals surface area (Å²) in [5.74, 6) is 0. The highest BCUT2D eigenvalue weighted by molar-refractivity contribution is 7.03. The van der Waals surface area contributed by atoms with Crippen LogP contribution in [0.15, 0.2) is 47.1 Å². The first-order valence-electron chi connectivity index (χ1n) is 4.41. The van der Waals surface area contributed by atoms with Crippen molar-refractivity contribution in [3.63, 3.8) is 0 Å². The predicted molar refractivity (Wildman–Crippen MR) is 65.0 cm³/mol. The summed E-state index contributed by atoms with van der Waals surface area (Å²) in [4.78, 5) is 0. The summed E-state index contributed by atoms with van der Waals surface area (Å²) in [6, 6.07) is 0. The minimum absolute atomic E-state index is 1.18. The van der Waals surface area contributed by atoms with E-state index in [0.29, 0.717) is 0 Å². The van der Waals surface area contributed by atoms with Gasteiger partial charge in [0.1, 0.15) is 0 Å². The van der Waals surface area contributed by atoms with Crippen LogP contribution >= 0.6 is 0 Å². The number of rotatable bonds is 4. The predicted octanol–water partition coefficient (Wildman–Crippen LogP) is 3.90. The van der Waals surface area contributed by atoms with Gasteiger partial charge in [0.25, 0.3) is 0 Å². The third-order valence-electron chi connectivity index (χ3n) is 2.56. The van der Waals surface area contributed by atoms with Crippen LogP contribution in [0.3, 0.4) is 0 Å². The lowest BCUT2D eigenvalue weighted by Crippen LogP contribution is -2.41. The third kappa shape index (κ3) is 1.75. The van der Waals surface area contributed by atoms with Gasteiger partial charge < -0.3 is 0 Å². The van der Waals surface area contributed by atoms with E-state index in [2.05, 4.69) is 54.0 Å². The van der Waals surface area contributed by atoms with Crippen molar-refractivity contribution in [3.05, 3.63) is 47.1 Å². The molecule has 0 spiro atoms. The fourth-order valence-corrected chi connectivity index (χ4v) is 6.56. The lowest BCUT2D eigenvalue weighted by molar-refractivity contribution is 1.43. The number of hydrogen-bond donors (Lipinski definition) is 0. The van der Waals surface area contributed by atoms with Crippen LogP contribution < -0.4 is 0 Å². The van der Waals surface area contributed by atoms with Crippen LogP contribution in [-0.4, -0.2) is 8.07 Å². The van der Waals surface area contributed by atoms with Gasteiger partial charge in [-0.3, -0.25) is 0 Å². The molecule has 0 N–H and O–H groups in total.